The van der Waals surface area contributed by atoms with E-state index >= 15 is 0 Å². The van der Waals surface area contributed by atoms with E-state index in [2.05, 4.69) is 10.6 Å². The van der Waals surface area contributed by atoms with Crippen LogP contribution in [0.3, 0.4) is 0 Å². The third-order valence-corrected chi connectivity index (χ3v) is 6.22. The monoisotopic (exact) mass is 405 g/mol. The summed E-state index contributed by atoms with van der Waals surface area (Å²) in [5.74, 6) is 0.264. The van der Waals surface area contributed by atoms with Gasteiger partial charge in [0.15, 0.2) is 0 Å². The van der Waals surface area contributed by atoms with E-state index < -0.39 is 10.0 Å². The standard InChI is InChI=1S/C17H27N3O4S.ClH/c1-24-12-9-18-14-17(21)19-13-15-7-10-20(11-8-15)25(22,23)16-5-3-2-4-6-16;/h2-6,15,18H,7-14H2,1H3,(H,19,21);1H. The zero-order chi connectivity index (χ0) is 18.1. The SMILES string of the molecule is COCCNCC(=O)NCC1CCN(S(=O)(=O)c2ccccc2)CC1.Cl. The van der Waals surface area contributed by atoms with Crippen molar-refractivity contribution in [2.75, 3.05) is 46.4 Å². The van der Waals surface area contributed by atoms with Gasteiger partial charge in [-0.1, -0.05) is 18.2 Å². The minimum Gasteiger partial charge on any atom is -0.383 e. The van der Waals surface area contributed by atoms with Crippen molar-refractivity contribution in [3.8, 4) is 0 Å². The maximum Gasteiger partial charge on any atom is 0.243 e. The van der Waals surface area contributed by atoms with Gasteiger partial charge in [-0.15, -0.1) is 12.4 Å². The molecule has 1 amide bonds. The van der Waals surface area contributed by atoms with Crippen molar-refractivity contribution in [3.05, 3.63) is 30.3 Å². The Labute approximate surface area is 161 Å². The molecule has 0 saturated carbocycles. The van der Waals surface area contributed by atoms with Crippen molar-refractivity contribution in [1.29, 1.82) is 0 Å². The first-order valence-electron chi connectivity index (χ1n) is 8.55. The number of rotatable bonds is 9. The number of nitrogens with zero attached hydrogens (tertiary/aromatic N) is 1. The summed E-state index contributed by atoms with van der Waals surface area (Å²) in [6.45, 7) is 3.05. The molecule has 148 valence electrons. The first-order valence-corrected chi connectivity index (χ1v) is 9.99. The average Bonchev–Trinajstić information content (AvgIpc) is 2.64. The number of halogens is 1. The molecular formula is C17H28ClN3O4S. The molecule has 7 nitrogen and oxygen atoms in total. The molecule has 1 aliphatic heterocycles. The van der Waals surface area contributed by atoms with E-state index in [0.717, 1.165) is 12.8 Å². The topological polar surface area (TPSA) is 87.7 Å². The van der Waals surface area contributed by atoms with Crippen molar-refractivity contribution in [1.82, 2.24) is 14.9 Å². The van der Waals surface area contributed by atoms with Crippen LogP contribution in [0.15, 0.2) is 35.2 Å². The number of carbonyl (C=O) groups is 1. The van der Waals surface area contributed by atoms with Crippen LogP contribution in [0, 0.1) is 5.92 Å². The zero-order valence-corrected chi connectivity index (χ0v) is 16.7. The smallest absolute Gasteiger partial charge is 0.243 e. The van der Waals surface area contributed by atoms with E-state index in [1.165, 1.54) is 4.31 Å². The number of hydrogen-bond acceptors (Lipinski definition) is 5. The fourth-order valence-corrected chi connectivity index (χ4v) is 4.28. The lowest BCUT2D eigenvalue weighted by Crippen LogP contribution is -2.43. The summed E-state index contributed by atoms with van der Waals surface area (Å²) in [5.41, 5.74) is 0. The fraction of sp³-hybridized carbons (Fsp3) is 0.588. The van der Waals surface area contributed by atoms with Gasteiger partial charge in [-0.3, -0.25) is 4.79 Å². The summed E-state index contributed by atoms with van der Waals surface area (Å²) < 4.78 is 31.6. The van der Waals surface area contributed by atoms with E-state index in [-0.39, 0.29) is 24.9 Å². The number of benzene rings is 1. The van der Waals surface area contributed by atoms with Crippen LogP contribution in [-0.4, -0.2) is 65.1 Å². The second-order valence-electron chi connectivity index (χ2n) is 6.13. The molecule has 1 heterocycles. The Balaban J connectivity index is 0.00000338. The molecule has 9 heteroatoms. The van der Waals surface area contributed by atoms with Crippen molar-refractivity contribution < 1.29 is 17.9 Å². The Bertz CT molecular complexity index is 635. The Morgan fingerprint density at radius 2 is 1.88 bits per heavy atom. The minimum absolute atomic E-state index is 0. The lowest BCUT2D eigenvalue weighted by atomic mass is 9.98. The lowest BCUT2D eigenvalue weighted by Gasteiger charge is -2.31. The summed E-state index contributed by atoms with van der Waals surface area (Å²) in [5, 5.41) is 5.90. The molecule has 0 radical (unpaired) electrons. The molecule has 0 atom stereocenters. The van der Waals surface area contributed by atoms with Gasteiger partial charge in [0, 0.05) is 33.3 Å². The minimum atomic E-state index is -3.41. The Morgan fingerprint density at radius 1 is 1.23 bits per heavy atom. The summed E-state index contributed by atoms with van der Waals surface area (Å²) in [6.07, 6.45) is 1.51. The number of carbonyl (C=O) groups excluding carboxylic acids is 1. The van der Waals surface area contributed by atoms with E-state index in [4.69, 9.17) is 4.74 Å². The summed E-state index contributed by atoms with van der Waals surface area (Å²) in [4.78, 5) is 12.1. The van der Waals surface area contributed by atoms with Crippen LogP contribution >= 0.6 is 12.4 Å². The average molecular weight is 406 g/mol. The molecule has 0 aromatic heterocycles. The number of methoxy groups -OCH3 is 1. The second kappa shape index (κ2) is 11.5. The van der Waals surface area contributed by atoms with Crippen LogP contribution < -0.4 is 10.6 Å². The van der Waals surface area contributed by atoms with Gasteiger partial charge in [-0.25, -0.2) is 8.42 Å². The highest BCUT2D eigenvalue weighted by Crippen LogP contribution is 2.23. The summed E-state index contributed by atoms with van der Waals surface area (Å²) >= 11 is 0. The van der Waals surface area contributed by atoms with Crippen LogP contribution in [0.5, 0.6) is 0 Å². The Hall–Kier alpha value is -1.19. The highest BCUT2D eigenvalue weighted by molar-refractivity contribution is 7.89. The van der Waals surface area contributed by atoms with Crippen molar-refractivity contribution in [3.63, 3.8) is 0 Å². The van der Waals surface area contributed by atoms with Gasteiger partial charge in [0.05, 0.1) is 18.0 Å². The molecule has 0 spiro atoms. The molecular weight excluding hydrogens is 378 g/mol. The number of nitrogens with one attached hydrogen (secondary N) is 2. The van der Waals surface area contributed by atoms with Crippen molar-refractivity contribution in [2.24, 2.45) is 5.92 Å². The van der Waals surface area contributed by atoms with Crippen LogP contribution in [0.4, 0.5) is 0 Å². The summed E-state index contributed by atoms with van der Waals surface area (Å²) in [6, 6.07) is 8.51. The molecule has 1 aromatic carbocycles. The molecule has 1 aliphatic rings. The molecule has 0 aliphatic carbocycles. The van der Waals surface area contributed by atoms with Gasteiger partial charge in [-0.2, -0.15) is 4.31 Å². The molecule has 0 unspecified atom stereocenters. The fourth-order valence-electron chi connectivity index (χ4n) is 2.79. The third-order valence-electron chi connectivity index (χ3n) is 4.31. The zero-order valence-electron chi connectivity index (χ0n) is 15.0. The number of sulfonamides is 1. The second-order valence-corrected chi connectivity index (χ2v) is 8.07. The molecule has 2 rings (SSSR count). The van der Waals surface area contributed by atoms with Crippen LogP contribution in [-0.2, 0) is 19.6 Å². The normalized spacial score (nSPS) is 16.0. The number of amides is 1. The number of hydrogen-bond donors (Lipinski definition) is 2. The molecule has 26 heavy (non-hydrogen) atoms. The van der Waals surface area contributed by atoms with Gasteiger partial charge >= 0.3 is 0 Å². The maximum atomic E-state index is 12.6. The first-order chi connectivity index (χ1) is 12.0. The predicted octanol–water partition coefficient (Wildman–Crippen LogP) is 0.861. The van der Waals surface area contributed by atoms with Gasteiger partial charge in [0.2, 0.25) is 15.9 Å². The molecule has 1 saturated heterocycles. The quantitative estimate of drug-likeness (QED) is 0.595. The maximum absolute atomic E-state index is 12.6. The highest BCUT2D eigenvalue weighted by atomic mass is 35.5. The molecule has 2 N–H and O–H groups in total. The van der Waals surface area contributed by atoms with Gasteiger partial charge in [0.1, 0.15) is 0 Å². The van der Waals surface area contributed by atoms with Crippen LogP contribution in [0.1, 0.15) is 12.8 Å². The predicted molar refractivity (Wildman–Crippen MR) is 103 cm³/mol. The van der Waals surface area contributed by atoms with Crippen LogP contribution in [0.2, 0.25) is 0 Å². The van der Waals surface area contributed by atoms with Gasteiger partial charge in [0.25, 0.3) is 0 Å². The lowest BCUT2D eigenvalue weighted by molar-refractivity contribution is -0.120. The number of piperidine rings is 1. The van der Waals surface area contributed by atoms with Gasteiger partial charge in [-0.05, 0) is 30.9 Å². The van der Waals surface area contributed by atoms with Crippen LogP contribution in [0.25, 0.3) is 0 Å². The Kier molecular flexibility index (Phi) is 10.1. The molecule has 1 aromatic rings. The molecule has 0 bridgehead atoms. The summed E-state index contributed by atoms with van der Waals surface area (Å²) in [7, 11) is -1.79. The van der Waals surface area contributed by atoms with E-state index in [1.54, 1.807) is 37.4 Å². The third kappa shape index (κ3) is 6.85. The van der Waals surface area contributed by atoms with Crippen molar-refractivity contribution in [2.45, 2.75) is 17.7 Å². The largest absolute Gasteiger partial charge is 0.383 e. The first kappa shape index (κ1) is 22.9. The molecule has 1 fully saturated rings. The van der Waals surface area contributed by atoms with E-state index in [0.29, 0.717) is 43.6 Å². The highest BCUT2D eigenvalue weighted by Gasteiger charge is 2.29. The van der Waals surface area contributed by atoms with Crippen molar-refractivity contribution >= 4 is 28.3 Å². The van der Waals surface area contributed by atoms with E-state index in [1.807, 2.05) is 0 Å². The van der Waals surface area contributed by atoms with Gasteiger partial charge < -0.3 is 15.4 Å². The van der Waals surface area contributed by atoms with E-state index in [9.17, 15) is 13.2 Å². The number of ether oxygens (including phenoxy) is 1. The Morgan fingerprint density at radius 3 is 2.50 bits per heavy atom.